The number of hydrogen-bond donors (Lipinski definition) is 3. The predicted octanol–water partition coefficient (Wildman–Crippen LogP) is -1.44. The number of amides is 3. The van der Waals surface area contributed by atoms with Gasteiger partial charge in [0.25, 0.3) is 5.91 Å². The summed E-state index contributed by atoms with van der Waals surface area (Å²) in [7, 11) is 0. The van der Waals surface area contributed by atoms with Crippen LogP contribution < -0.4 is 16.4 Å². The first kappa shape index (κ1) is 9.94. The van der Waals surface area contributed by atoms with Crippen molar-refractivity contribution in [3.05, 3.63) is 0 Å². The molecule has 1 aliphatic heterocycles. The molecule has 1 fully saturated rings. The van der Waals surface area contributed by atoms with Crippen LogP contribution in [0.1, 0.15) is 6.92 Å². The average molecular weight is 187 g/mol. The van der Waals surface area contributed by atoms with E-state index in [1.54, 1.807) is 6.92 Å². The molecule has 0 aromatic carbocycles. The summed E-state index contributed by atoms with van der Waals surface area (Å²) in [5, 5.41) is 4.61. The van der Waals surface area contributed by atoms with Crippen LogP contribution in [0.5, 0.6) is 0 Å². The molecule has 13 heavy (non-hydrogen) atoms. The van der Waals surface area contributed by atoms with E-state index >= 15 is 0 Å². The topological polar surface area (TPSA) is 93.4 Å². The molecular formula is C7H13N3O3. The van der Waals surface area contributed by atoms with Crippen molar-refractivity contribution >= 4 is 11.9 Å². The van der Waals surface area contributed by atoms with Gasteiger partial charge in [-0.25, -0.2) is 4.79 Å². The van der Waals surface area contributed by atoms with E-state index in [4.69, 9.17) is 10.5 Å². The SMILES string of the molecule is CC1(COCCN)NC(=O)NC1=O. The van der Waals surface area contributed by atoms with E-state index in [0.29, 0.717) is 13.2 Å². The van der Waals surface area contributed by atoms with Gasteiger partial charge in [-0.15, -0.1) is 0 Å². The Kier molecular flexibility index (Phi) is 2.84. The summed E-state index contributed by atoms with van der Waals surface area (Å²) in [6.45, 7) is 2.51. The molecule has 1 atom stereocenters. The third-order valence-electron chi connectivity index (χ3n) is 1.77. The fraction of sp³-hybridized carbons (Fsp3) is 0.714. The second-order valence-electron chi connectivity index (χ2n) is 3.08. The van der Waals surface area contributed by atoms with E-state index in [-0.39, 0.29) is 12.5 Å². The van der Waals surface area contributed by atoms with Crippen LogP contribution in [0.3, 0.4) is 0 Å². The molecular weight excluding hydrogens is 174 g/mol. The molecule has 0 aromatic heterocycles. The van der Waals surface area contributed by atoms with Crippen LogP contribution in [0, 0.1) is 0 Å². The molecule has 0 aliphatic carbocycles. The molecule has 0 radical (unpaired) electrons. The van der Waals surface area contributed by atoms with Crippen molar-refractivity contribution in [2.24, 2.45) is 5.73 Å². The van der Waals surface area contributed by atoms with Crippen molar-refractivity contribution in [2.45, 2.75) is 12.5 Å². The zero-order chi connectivity index (χ0) is 9.90. The van der Waals surface area contributed by atoms with Crippen molar-refractivity contribution in [1.82, 2.24) is 10.6 Å². The fourth-order valence-electron chi connectivity index (χ4n) is 1.04. The Hall–Kier alpha value is -1.14. The molecule has 0 saturated carbocycles. The third kappa shape index (κ3) is 2.16. The lowest BCUT2D eigenvalue weighted by Gasteiger charge is -2.19. The number of imide groups is 1. The van der Waals surface area contributed by atoms with Gasteiger partial charge >= 0.3 is 6.03 Å². The van der Waals surface area contributed by atoms with Gasteiger partial charge in [-0.2, -0.15) is 0 Å². The summed E-state index contributed by atoms with van der Waals surface area (Å²) in [5.74, 6) is -0.366. The minimum Gasteiger partial charge on any atom is -0.377 e. The largest absolute Gasteiger partial charge is 0.377 e. The molecule has 3 amide bonds. The van der Waals surface area contributed by atoms with E-state index in [9.17, 15) is 9.59 Å². The summed E-state index contributed by atoms with van der Waals surface area (Å²) >= 11 is 0. The lowest BCUT2D eigenvalue weighted by Crippen LogP contribution is -2.48. The molecule has 0 spiro atoms. The molecule has 0 aromatic rings. The van der Waals surface area contributed by atoms with Crippen LogP contribution in [-0.4, -0.2) is 37.2 Å². The Morgan fingerprint density at radius 3 is 2.69 bits per heavy atom. The standard InChI is InChI=1S/C7H13N3O3/c1-7(4-13-3-2-8)5(11)9-6(12)10-7/h2-4,8H2,1H3,(H2,9,10,11,12). The molecule has 1 saturated heterocycles. The second-order valence-corrected chi connectivity index (χ2v) is 3.08. The van der Waals surface area contributed by atoms with Gasteiger partial charge in [-0.3, -0.25) is 10.1 Å². The predicted molar refractivity (Wildman–Crippen MR) is 45.0 cm³/mol. The highest BCUT2D eigenvalue weighted by molar-refractivity contribution is 6.06. The third-order valence-corrected chi connectivity index (χ3v) is 1.77. The van der Waals surface area contributed by atoms with E-state index in [0.717, 1.165) is 0 Å². The molecule has 1 unspecified atom stereocenters. The molecule has 1 heterocycles. The number of ether oxygens (including phenoxy) is 1. The van der Waals surface area contributed by atoms with E-state index in [2.05, 4.69) is 10.6 Å². The maximum atomic E-state index is 11.2. The quantitative estimate of drug-likeness (QED) is 0.371. The lowest BCUT2D eigenvalue weighted by atomic mass is 10.1. The fourth-order valence-corrected chi connectivity index (χ4v) is 1.04. The van der Waals surface area contributed by atoms with Crippen LogP contribution in [-0.2, 0) is 9.53 Å². The highest BCUT2D eigenvalue weighted by atomic mass is 16.5. The Morgan fingerprint density at radius 2 is 2.23 bits per heavy atom. The zero-order valence-corrected chi connectivity index (χ0v) is 7.42. The summed E-state index contributed by atoms with van der Waals surface area (Å²) in [6, 6.07) is -0.483. The molecule has 6 nitrogen and oxygen atoms in total. The number of nitrogens with two attached hydrogens (primary N) is 1. The number of rotatable bonds is 4. The monoisotopic (exact) mass is 187 g/mol. The second kappa shape index (κ2) is 3.71. The van der Waals surface area contributed by atoms with Crippen LogP contribution in [0.25, 0.3) is 0 Å². The van der Waals surface area contributed by atoms with Crippen LogP contribution in [0.4, 0.5) is 4.79 Å². The van der Waals surface area contributed by atoms with E-state index < -0.39 is 11.6 Å². The highest BCUT2D eigenvalue weighted by Crippen LogP contribution is 2.09. The van der Waals surface area contributed by atoms with E-state index in [1.807, 2.05) is 0 Å². The summed E-state index contributed by atoms with van der Waals surface area (Å²) in [5.41, 5.74) is 4.25. The average Bonchev–Trinajstić information content (AvgIpc) is 2.27. The smallest absolute Gasteiger partial charge is 0.322 e. The van der Waals surface area contributed by atoms with Crippen LogP contribution in [0.15, 0.2) is 0 Å². The van der Waals surface area contributed by atoms with Gasteiger partial charge in [-0.05, 0) is 6.92 Å². The van der Waals surface area contributed by atoms with Gasteiger partial charge in [0.1, 0.15) is 5.54 Å². The van der Waals surface area contributed by atoms with Gasteiger partial charge in [0.15, 0.2) is 0 Å². The summed E-state index contributed by atoms with van der Waals surface area (Å²) in [4.78, 5) is 22.0. The first-order chi connectivity index (χ1) is 6.08. The van der Waals surface area contributed by atoms with Gasteiger partial charge < -0.3 is 15.8 Å². The van der Waals surface area contributed by atoms with Crippen molar-refractivity contribution in [1.29, 1.82) is 0 Å². The maximum Gasteiger partial charge on any atom is 0.322 e. The van der Waals surface area contributed by atoms with Gasteiger partial charge in [0.05, 0.1) is 13.2 Å². The molecule has 6 heteroatoms. The zero-order valence-electron chi connectivity index (χ0n) is 7.42. The summed E-state index contributed by atoms with van der Waals surface area (Å²) < 4.78 is 5.09. The van der Waals surface area contributed by atoms with Crippen LogP contribution in [0.2, 0.25) is 0 Å². The maximum absolute atomic E-state index is 11.2. The minimum atomic E-state index is -0.952. The first-order valence-electron chi connectivity index (χ1n) is 4.00. The molecule has 1 aliphatic rings. The molecule has 4 N–H and O–H groups in total. The number of carbonyl (C=O) groups excluding carboxylic acids is 2. The lowest BCUT2D eigenvalue weighted by molar-refractivity contribution is -0.125. The van der Waals surface area contributed by atoms with Crippen molar-refractivity contribution in [2.75, 3.05) is 19.8 Å². The number of nitrogens with one attached hydrogen (secondary N) is 2. The molecule has 74 valence electrons. The Morgan fingerprint density at radius 1 is 1.54 bits per heavy atom. The minimum absolute atomic E-state index is 0.141. The number of hydrogen-bond acceptors (Lipinski definition) is 4. The van der Waals surface area contributed by atoms with Crippen molar-refractivity contribution < 1.29 is 14.3 Å². The van der Waals surface area contributed by atoms with Crippen molar-refractivity contribution in [3.8, 4) is 0 Å². The number of urea groups is 1. The van der Waals surface area contributed by atoms with Crippen LogP contribution >= 0.6 is 0 Å². The van der Waals surface area contributed by atoms with Gasteiger partial charge in [0.2, 0.25) is 0 Å². The van der Waals surface area contributed by atoms with Gasteiger partial charge in [-0.1, -0.05) is 0 Å². The van der Waals surface area contributed by atoms with E-state index in [1.165, 1.54) is 0 Å². The summed E-state index contributed by atoms with van der Waals surface area (Å²) in [6.07, 6.45) is 0. The normalized spacial score (nSPS) is 27.2. The Balaban J connectivity index is 2.46. The Labute approximate surface area is 75.8 Å². The highest BCUT2D eigenvalue weighted by Gasteiger charge is 2.41. The van der Waals surface area contributed by atoms with Crippen molar-refractivity contribution in [3.63, 3.8) is 0 Å². The molecule has 1 rings (SSSR count). The molecule has 0 bridgehead atoms. The first-order valence-corrected chi connectivity index (χ1v) is 4.00. The van der Waals surface area contributed by atoms with Gasteiger partial charge in [0, 0.05) is 6.54 Å². The Bertz CT molecular complexity index is 231. The number of carbonyl (C=O) groups is 2.